The van der Waals surface area contributed by atoms with Gasteiger partial charge in [-0.05, 0) is 24.6 Å². The second kappa shape index (κ2) is 5.05. The second-order valence-electron chi connectivity index (χ2n) is 2.85. The maximum Gasteiger partial charge on any atom is 0.0727 e. The number of hydrogen-bond acceptors (Lipinski definition) is 1. The van der Waals surface area contributed by atoms with Crippen molar-refractivity contribution in [3.05, 3.63) is 40.9 Å². The zero-order chi connectivity index (χ0) is 9.68. The Morgan fingerprint density at radius 1 is 1.31 bits per heavy atom. The van der Waals surface area contributed by atoms with Gasteiger partial charge in [0.15, 0.2) is 0 Å². The fourth-order valence-corrected chi connectivity index (χ4v) is 1.03. The highest BCUT2D eigenvalue weighted by Gasteiger charge is 1.91. The minimum absolute atomic E-state index is 0.149. The topological polar surface area (TPSA) is 9.23 Å². The summed E-state index contributed by atoms with van der Waals surface area (Å²) in [6.45, 7) is 1.99. The molecule has 0 aliphatic rings. The van der Waals surface area contributed by atoms with E-state index in [9.17, 15) is 0 Å². The van der Waals surface area contributed by atoms with Crippen molar-refractivity contribution in [2.75, 3.05) is 7.11 Å². The van der Waals surface area contributed by atoms with Crippen molar-refractivity contribution >= 4 is 17.7 Å². The van der Waals surface area contributed by atoms with Crippen molar-refractivity contribution in [1.82, 2.24) is 0 Å². The molecule has 70 valence electrons. The first-order valence-corrected chi connectivity index (χ1v) is 4.56. The summed E-state index contributed by atoms with van der Waals surface area (Å²) in [4.78, 5) is 0. The van der Waals surface area contributed by atoms with Gasteiger partial charge in [0, 0.05) is 12.1 Å². The summed E-state index contributed by atoms with van der Waals surface area (Å²) in [5, 5.41) is 0.761. The molecule has 0 aromatic heterocycles. The standard InChI is InChI=1S/C11H13ClO/c1-9(13-2)3-4-10-5-7-11(12)8-6-10/h3-9H,1-2H3/b4-3+. The van der Waals surface area contributed by atoms with Crippen LogP contribution in [0.2, 0.25) is 5.02 Å². The van der Waals surface area contributed by atoms with Crippen LogP contribution < -0.4 is 0 Å². The number of methoxy groups -OCH3 is 1. The quantitative estimate of drug-likeness (QED) is 0.720. The van der Waals surface area contributed by atoms with Crippen molar-refractivity contribution in [2.45, 2.75) is 13.0 Å². The summed E-state index contributed by atoms with van der Waals surface area (Å²) >= 11 is 5.75. The lowest BCUT2D eigenvalue weighted by atomic mass is 10.2. The number of rotatable bonds is 3. The van der Waals surface area contributed by atoms with Crippen LogP contribution in [0.1, 0.15) is 12.5 Å². The average molecular weight is 197 g/mol. The monoisotopic (exact) mass is 196 g/mol. The zero-order valence-corrected chi connectivity index (χ0v) is 8.58. The molecule has 0 aliphatic carbocycles. The minimum Gasteiger partial charge on any atom is -0.378 e. The molecule has 1 rings (SSSR count). The highest BCUT2D eigenvalue weighted by atomic mass is 35.5. The third-order valence-electron chi connectivity index (χ3n) is 1.80. The van der Waals surface area contributed by atoms with Crippen molar-refractivity contribution in [3.8, 4) is 0 Å². The van der Waals surface area contributed by atoms with Crippen LogP contribution in [0.5, 0.6) is 0 Å². The van der Waals surface area contributed by atoms with E-state index in [4.69, 9.17) is 16.3 Å². The maximum atomic E-state index is 5.75. The SMILES string of the molecule is COC(C)/C=C/c1ccc(Cl)cc1. The van der Waals surface area contributed by atoms with E-state index in [1.165, 1.54) is 0 Å². The molecule has 0 fully saturated rings. The van der Waals surface area contributed by atoms with Crippen molar-refractivity contribution < 1.29 is 4.74 Å². The van der Waals surface area contributed by atoms with E-state index in [1.807, 2.05) is 43.3 Å². The van der Waals surface area contributed by atoms with Crippen LogP contribution in [0, 0.1) is 0 Å². The van der Waals surface area contributed by atoms with Gasteiger partial charge in [-0.3, -0.25) is 0 Å². The predicted octanol–water partition coefficient (Wildman–Crippen LogP) is 3.39. The van der Waals surface area contributed by atoms with Gasteiger partial charge in [0.1, 0.15) is 0 Å². The zero-order valence-electron chi connectivity index (χ0n) is 7.83. The molecule has 0 saturated carbocycles. The van der Waals surface area contributed by atoms with E-state index in [0.717, 1.165) is 10.6 Å². The smallest absolute Gasteiger partial charge is 0.0727 e. The molecule has 0 spiro atoms. The van der Waals surface area contributed by atoms with Crippen LogP contribution in [0.4, 0.5) is 0 Å². The number of hydrogen-bond donors (Lipinski definition) is 0. The third-order valence-corrected chi connectivity index (χ3v) is 2.05. The van der Waals surface area contributed by atoms with Crippen LogP contribution in [0.3, 0.4) is 0 Å². The predicted molar refractivity (Wildman–Crippen MR) is 57.0 cm³/mol. The largest absolute Gasteiger partial charge is 0.378 e. The first kappa shape index (κ1) is 10.3. The minimum atomic E-state index is 0.149. The lowest BCUT2D eigenvalue weighted by molar-refractivity contribution is 0.157. The van der Waals surface area contributed by atoms with Gasteiger partial charge in [-0.1, -0.05) is 35.9 Å². The maximum absolute atomic E-state index is 5.75. The van der Waals surface area contributed by atoms with E-state index < -0.39 is 0 Å². The van der Waals surface area contributed by atoms with Crippen LogP contribution in [-0.2, 0) is 4.74 Å². The Kier molecular flexibility index (Phi) is 4.00. The Hall–Kier alpha value is -0.790. The third kappa shape index (κ3) is 3.62. The normalized spacial score (nSPS) is 13.5. The Morgan fingerprint density at radius 2 is 1.92 bits per heavy atom. The highest BCUT2D eigenvalue weighted by molar-refractivity contribution is 6.30. The highest BCUT2D eigenvalue weighted by Crippen LogP contribution is 2.10. The Bertz CT molecular complexity index is 277. The summed E-state index contributed by atoms with van der Waals surface area (Å²) in [5.41, 5.74) is 1.13. The van der Waals surface area contributed by atoms with Gasteiger partial charge >= 0.3 is 0 Å². The van der Waals surface area contributed by atoms with Crippen LogP contribution in [-0.4, -0.2) is 13.2 Å². The molecule has 0 aliphatic heterocycles. The van der Waals surface area contributed by atoms with Crippen LogP contribution >= 0.6 is 11.6 Å². The Balaban J connectivity index is 2.64. The van der Waals surface area contributed by atoms with E-state index in [1.54, 1.807) is 7.11 Å². The van der Waals surface area contributed by atoms with Gasteiger partial charge in [0.25, 0.3) is 0 Å². The van der Waals surface area contributed by atoms with Crippen LogP contribution in [0.25, 0.3) is 6.08 Å². The Morgan fingerprint density at radius 3 is 2.46 bits per heavy atom. The molecule has 0 amide bonds. The van der Waals surface area contributed by atoms with E-state index >= 15 is 0 Å². The summed E-state index contributed by atoms with van der Waals surface area (Å²) in [5.74, 6) is 0. The number of ether oxygens (including phenoxy) is 1. The van der Waals surface area contributed by atoms with Gasteiger partial charge < -0.3 is 4.74 Å². The summed E-state index contributed by atoms with van der Waals surface area (Å²) in [7, 11) is 1.69. The molecule has 1 unspecified atom stereocenters. The molecule has 1 aromatic carbocycles. The molecular formula is C11H13ClO. The van der Waals surface area contributed by atoms with Gasteiger partial charge in [0.05, 0.1) is 6.10 Å². The summed E-state index contributed by atoms with van der Waals surface area (Å²) in [6.07, 6.45) is 4.17. The van der Waals surface area contributed by atoms with Gasteiger partial charge in [-0.2, -0.15) is 0 Å². The molecule has 0 saturated heterocycles. The molecule has 2 heteroatoms. The molecule has 0 heterocycles. The van der Waals surface area contributed by atoms with E-state index in [-0.39, 0.29) is 6.10 Å². The summed E-state index contributed by atoms with van der Waals surface area (Å²) < 4.78 is 5.08. The fourth-order valence-electron chi connectivity index (χ4n) is 0.899. The molecule has 1 atom stereocenters. The number of halogens is 1. The van der Waals surface area contributed by atoms with Crippen molar-refractivity contribution in [2.24, 2.45) is 0 Å². The fraction of sp³-hybridized carbons (Fsp3) is 0.273. The molecule has 1 aromatic rings. The first-order valence-electron chi connectivity index (χ1n) is 4.19. The van der Waals surface area contributed by atoms with Crippen molar-refractivity contribution in [3.63, 3.8) is 0 Å². The first-order chi connectivity index (χ1) is 6.22. The second-order valence-corrected chi connectivity index (χ2v) is 3.29. The van der Waals surface area contributed by atoms with Gasteiger partial charge in [-0.15, -0.1) is 0 Å². The molecule has 0 bridgehead atoms. The molecule has 0 N–H and O–H groups in total. The Labute approximate surface area is 84.0 Å². The van der Waals surface area contributed by atoms with Gasteiger partial charge in [-0.25, -0.2) is 0 Å². The molecule has 0 radical (unpaired) electrons. The molecule has 13 heavy (non-hydrogen) atoms. The van der Waals surface area contributed by atoms with E-state index in [0.29, 0.717) is 0 Å². The van der Waals surface area contributed by atoms with Crippen molar-refractivity contribution in [1.29, 1.82) is 0 Å². The lowest BCUT2D eigenvalue weighted by Gasteiger charge is -2.01. The van der Waals surface area contributed by atoms with E-state index in [2.05, 4.69) is 0 Å². The molecule has 1 nitrogen and oxygen atoms in total. The number of benzene rings is 1. The van der Waals surface area contributed by atoms with Crippen LogP contribution in [0.15, 0.2) is 30.3 Å². The average Bonchev–Trinajstić information content (AvgIpc) is 2.16. The lowest BCUT2D eigenvalue weighted by Crippen LogP contribution is -1.98. The summed E-state index contributed by atoms with van der Waals surface area (Å²) in [6, 6.07) is 7.69. The molecular weight excluding hydrogens is 184 g/mol. The van der Waals surface area contributed by atoms with Gasteiger partial charge in [0.2, 0.25) is 0 Å².